The van der Waals surface area contributed by atoms with Crippen LogP contribution in [0.5, 0.6) is 11.5 Å². The molecule has 0 radical (unpaired) electrons. The molecule has 1 N–H and O–H groups in total. The lowest BCUT2D eigenvalue weighted by molar-refractivity contribution is 0.383. The van der Waals surface area contributed by atoms with Crippen LogP contribution < -0.4 is 14.8 Å². The Hall–Kier alpha value is -1.52. The van der Waals surface area contributed by atoms with Crippen molar-refractivity contribution >= 4 is 11.3 Å². The Bertz CT molecular complexity index is 540. The zero-order valence-electron chi connectivity index (χ0n) is 12.9. The van der Waals surface area contributed by atoms with Gasteiger partial charge in [-0.2, -0.15) is 0 Å². The predicted molar refractivity (Wildman–Crippen MR) is 88.6 cm³/mol. The molecule has 4 heteroatoms. The molecule has 1 aromatic heterocycles. The molecule has 1 unspecified atom stereocenters. The molecule has 0 aliphatic rings. The van der Waals surface area contributed by atoms with Crippen LogP contribution in [0.3, 0.4) is 0 Å². The molecule has 21 heavy (non-hydrogen) atoms. The highest BCUT2D eigenvalue weighted by Gasteiger charge is 2.15. The molecule has 114 valence electrons. The number of hydrogen-bond donors (Lipinski definition) is 1. The van der Waals surface area contributed by atoms with E-state index in [1.807, 2.05) is 30.5 Å². The topological polar surface area (TPSA) is 30.5 Å². The van der Waals surface area contributed by atoms with Crippen molar-refractivity contribution < 1.29 is 9.47 Å². The first kappa shape index (κ1) is 15.9. The average molecular weight is 305 g/mol. The van der Waals surface area contributed by atoms with Crippen molar-refractivity contribution in [2.45, 2.75) is 25.3 Å². The molecule has 0 aliphatic heterocycles. The van der Waals surface area contributed by atoms with Gasteiger partial charge in [0, 0.05) is 22.5 Å². The van der Waals surface area contributed by atoms with Gasteiger partial charge >= 0.3 is 0 Å². The largest absolute Gasteiger partial charge is 0.497 e. The predicted octanol–water partition coefficient (Wildman–Crippen LogP) is 4.05. The number of nitrogens with one attached hydrogen (secondary N) is 1. The highest BCUT2D eigenvalue weighted by atomic mass is 32.1. The molecular formula is C17H23NO2S. The fourth-order valence-electron chi connectivity index (χ4n) is 2.50. The van der Waals surface area contributed by atoms with Crippen LogP contribution in [0, 0.1) is 0 Å². The SMILES string of the molecule is CNC(CCCc1cccs1)c1ccc(OC)cc1OC. The van der Waals surface area contributed by atoms with Gasteiger partial charge in [-0.1, -0.05) is 12.1 Å². The third-order valence-electron chi connectivity index (χ3n) is 3.66. The van der Waals surface area contributed by atoms with Gasteiger partial charge in [-0.15, -0.1) is 11.3 Å². The molecule has 0 aliphatic carbocycles. The van der Waals surface area contributed by atoms with E-state index in [0.717, 1.165) is 30.8 Å². The van der Waals surface area contributed by atoms with Crippen molar-refractivity contribution in [2.75, 3.05) is 21.3 Å². The quantitative estimate of drug-likeness (QED) is 0.798. The Morgan fingerprint density at radius 1 is 1.19 bits per heavy atom. The maximum absolute atomic E-state index is 5.50. The number of aryl methyl sites for hydroxylation is 1. The molecule has 0 bridgehead atoms. The molecule has 1 atom stereocenters. The molecule has 2 rings (SSSR count). The van der Waals surface area contributed by atoms with Crippen LogP contribution >= 0.6 is 11.3 Å². The van der Waals surface area contributed by atoms with Gasteiger partial charge in [0.05, 0.1) is 14.2 Å². The molecule has 0 saturated heterocycles. The van der Waals surface area contributed by atoms with E-state index in [9.17, 15) is 0 Å². The zero-order valence-corrected chi connectivity index (χ0v) is 13.7. The van der Waals surface area contributed by atoms with Gasteiger partial charge < -0.3 is 14.8 Å². The van der Waals surface area contributed by atoms with Gasteiger partial charge in [0.1, 0.15) is 11.5 Å². The lowest BCUT2D eigenvalue weighted by atomic mass is 9.99. The van der Waals surface area contributed by atoms with Gasteiger partial charge in [0.15, 0.2) is 0 Å². The molecule has 0 amide bonds. The van der Waals surface area contributed by atoms with Gasteiger partial charge in [0.2, 0.25) is 0 Å². The summed E-state index contributed by atoms with van der Waals surface area (Å²) in [6.07, 6.45) is 3.37. The molecule has 0 fully saturated rings. The third kappa shape index (κ3) is 4.22. The van der Waals surface area contributed by atoms with E-state index in [-0.39, 0.29) is 0 Å². The van der Waals surface area contributed by atoms with E-state index in [1.54, 1.807) is 14.2 Å². The maximum atomic E-state index is 5.50. The van der Waals surface area contributed by atoms with Crippen LogP contribution in [-0.2, 0) is 6.42 Å². The van der Waals surface area contributed by atoms with Gasteiger partial charge in [-0.25, -0.2) is 0 Å². The monoisotopic (exact) mass is 305 g/mol. The van der Waals surface area contributed by atoms with Crippen LogP contribution in [0.4, 0.5) is 0 Å². The van der Waals surface area contributed by atoms with Crippen LogP contribution in [0.15, 0.2) is 35.7 Å². The average Bonchev–Trinajstić information content (AvgIpc) is 3.04. The number of thiophene rings is 1. The molecule has 1 heterocycles. The van der Waals surface area contributed by atoms with Crippen LogP contribution in [0.1, 0.15) is 29.3 Å². The molecule has 3 nitrogen and oxygen atoms in total. The number of rotatable bonds is 8. The standard InChI is InChI=1S/C17H23NO2S/c1-18-16(8-4-6-14-7-5-11-21-14)15-10-9-13(19-2)12-17(15)20-3/h5,7,9-12,16,18H,4,6,8H2,1-3H3. The first-order valence-electron chi connectivity index (χ1n) is 7.20. The van der Waals surface area contributed by atoms with Crippen molar-refractivity contribution in [2.24, 2.45) is 0 Å². The van der Waals surface area contributed by atoms with Crippen molar-refractivity contribution in [1.82, 2.24) is 5.32 Å². The van der Waals surface area contributed by atoms with Crippen LogP contribution in [0.25, 0.3) is 0 Å². The molecule has 0 saturated carbocycles. The second-order valence-corrected chi connectivity index (χ2v) is 5.95. The van der Waals surface area contributed by atoms with E-state index in [4.69, 9.17) is 9.47 Å². The molecule has 0 spiro atoms. The van der Waals surface area contributed by atoms with E-state index in [2.05, 4.69) is 28.9 Å². The summed E-state index contributed by atoms with van der Waals surface area (Å²) in [6.45, 7) is 0. The summed E-state index contributed by atoms with van der Waals surface area (Å²) in [5, 5.41) is 5.53. The number of methoxy groups -OCH3 is 2. The van der Waals surface area contributed by atoms with Gasteiger partial charge in [0.25, 0.3) is 0 Å². The first-order valence-corrected chi connectivity index (χ1v) is 8.08. The molecule has 1 aromatic carbocycles. The number of ether oxygens (including phenoxy) is 2. The number of benzene rings is 1. The minimum Gasteiger partial charge on any atom is -0.497 e. The van der Waals surface area contributed by atoms with E-state index in [1.165, 1.54) is 10.4 Å². The summed E-state index contributed by atoms with van der Waals surface area (Å²) in [7, 11) is 5.38. The Kier molecular flexibility index (Phi) is 6.08. The summed E-state index contributed by atoms with van der Waals surface area (Å²) in [4.78, 5) is 1.45. The normalized spacial score (nSPS) is 12.1. The smallest absolute Gasteiger partial charge is 0.127 e. The van der Waals surface area contributed by atoms with E-state index in [0.29, 0.717) is 6.04 Å². The summed E-state index contributed by atoms with van der Waals surface area (Å²) in [5.41, 5.74) is 1.19. The summed E-state index contributed by atoms with van der Waals surface area (Å²) < 4.78 is 10.8. The third-order valence-corrected chi connectivity index (χ3v) is 4.60. The maximum Gasteiger partial charge on any atom is 0.127 e. The Balaban J connectivity index is 2.02. The Morgan fingerprint density at radius 3 is 2.67 bits per heavy atom. The zero-order chi connectivity index (χ0) is 15.1. The second kappa shape index (κ2) is 8.05. The van der Waals surface area contributed by atoms with Crippen molar-refractivity contribution in [3.63, 3.8) is 0 Å². The minimum atomic E-state index is 0.297. The number of hydrogen-bond acceptors (Lipinski definition) is 4. The fraction of sp³-hybridized carbons (Fsp3) is 0.412. The van der Waals surface area contributed by atoms with Gasteiger partial charge in [-0.3, -0.25) is 0 Å². The first-order chi connectivity index (χ1) is 10.3. The van der Waals surface area contributed by atoms with Crippen LogP contribution in [-0.4, -0.2) is 21.3 Å². The van der Waals surface area contributed by atoms with E-state index >= 15 is 0 Å². The minimum absolute atomic E-state index is 0.297. The molecular weight excluding hydrogens is 282 g/mol. The lowest BCUT2D eigenvalue weighted by Gasteiger charge is -2.20. The summed E-state index contributed by atoms with van der Waals surface area (Å²) in [6, 6.07) is 10.6. The summed E-state index contributed by atoms with van der Waals surface area (Å²) >= 11 is 1.83. The lowest BCUT2D eigenvalue weighted by Crippen LogP contribution is -2.17. The van der Waals surface area contributed by atoms with Gasteiger partial charge in [-0.05, 0) is 43.8 Å². The Morgan fingerprint density at radius 2 is 2.05 bits per heavy atom. The van der Waals surface area contributed by atoms with Crippen molar-refractivity contribution in [1.29, 1.82) is 0 Å². The Labute approximate surface area is 130 Å². The highest BCUT2D eigenvalue weighted by Crippen LogP contribution is 2.31. The highest BCUT2D eigenvalue weighted by molar-refractivity contribution is 7.09. The van der Waals surface area contributed by atoms with E-state index < -0.39 is 0 Å². The second-order valence-electron chi connectivity index (χ2n) is 4.92. The molecule has 2 aromatic rings. The fourth-order valence-corrected chi connectivity index (χ4v) is 3.25. The van der Waals surface area contributed by atoms with Crippen molar-refractivity contribution in [3.05, 3.63) is 46.2 Å². The van der Waals surface area contributed by atoms with Crippen LogP contribution in [0.2, 0.25) is 0 Å². The summed E-state index contributed by atoms with van der Waals surface area (Å²) in [5.74, 6) is 1.70. The van der Waals surface area contributed by atoms with Crippen molar-refractivity contribution in [3.8, 4) is 11.5 Å².